The van der Waals surface area contributed by atoms with Gasteiger partial charge in [-0.3, -0.25) is 14.3 Å². The predicted octanol–water partition coefficient (Wildman–Crippen LogP) is -0.737. The molecule has 1 aliphatic rings. The minimum atomic E-state index is -0.430. The molecule has 0 unspecified atom stereocenters. The number of rotatable bonds is 0. The van der Waals surface area contributed by atoms with Crippen molar-refractivity contribution in [3.05, 3.63) is 20.8 Å². The number of anilines is 1. The van der Waals surface area contributed by atoms with E-state index in [1.165, 1.54) is 4.57 Å². The van der Waals surface area contributed by atoms with Crippen molar-refractivity contribution in [2.45, 2.75) is 13.0 Å². The fourth-order valence-electron chi connectivity index (χ4n) is 2.29. The van der Waals surface area contributed by atoms with Crippen molar-refractivity contribution in [3.63, 3.8) is 0 Å². The summed E-state index contributed by atoms with van der Waals surface area (Å²) in [6.45, 7) is 1.67. The maximum absolute atomic E-state index is 11.8. The van der Waals surface area contributed by atoms with Gasteiger partial charge in [0.1, 0.15) is 0 Å². The van der Waals surface area contributed by atoms with Crippen LogP contribution in [0.3, 0.4) is 0 Å². The van der Waals surface area contributed by atoms with Crippen molar-refractivity contribution in [2.75, 3.05) is 18.5 Å². The molecule has 0 amide bonds. The lowest BCUT2D eigenvalue weighted by atomic mass is 10.3. The van der Waals surface area contributed by atoms with E-state index in [0.29, 0.717) is 11.2 Å². The molecule has 2 aromatic heterocycles. The third-order valence-corrected chi connectivity index (χ3v) is 3.20. The van der Waals surface area contributed by atoms with Gasteiger partial charge in [-0.2, -0.15) is 4.98 Å². The lowest BCUT2D eigenvalue weighted by molar-refractivity contribution is 0.590. The zero-order chi connectivity index (χ0) is 12.2. The fraction of sp³-hybridized carbons (Fsp3) is 0.500. The molecule has 0 atom stereocenters. The first-order valence-corrected chi connectivity index (χ1v) is 5.50. The summed E-state index contributed by atoms with van der Waals surface area (Å²) in [5, 5.41) is 0. The maximum Gasteiger partial charge on any atom is 0.329 e. The highest BCUT2D eigenvalue weighted by Crippen LogP contribution is 2.22. The van der Waals surface area contributed by atoms with E-state index in [1.807, 2.05) is 16.5 Å². The minimum absolute atomic E-state index is 0.364. The Balaban J connectivity index is 2.50. The van der Waals surface area contributed by atoms with Crippen LogP contribution in [-0.2, 0) is 13.6 Å². The normalized spacial score (nSPS) is 15.3. The Hall–Kier alpha value is -2.05. The van der Waals surface area contributed by atoms with E-state index in [0.717, 1.165) is 25.5 Å². The Bertz CT molecular complexity index is 708. The van der Waals surface area contributed by atoms with E-state index in [2.05, 4.69) is 9.97 Å². The summed E-state index contributed by atoms with van der Waals surface area (Å²) in [5.41, 5.74) is 0.133. The molecule has 0 aliphatic carbocycles. The lowest BCUT2D eigenvalue weighted by Gasteiger charge is -2.24. The third-order valence-electron chi connectivity index (χ3n) is 3.20. The van der Waals surface area contributed by atoms with Crippen LogP contribution in [0.25, 0.3) is 11.2 Å². The van der Waals surface area contributed by atoms with Crippen LogP contribution in [0.1, 0.15) is 6.42 Å². The van der Waals surface area contributed by atoms with E-state index in [9.17, 15) is 9.59 Å². The van der Waals surface area contributed by atoms with Crippen LogP contribution in [0.2, 0.25) is 0 Å². The van der Waals surface area contributed by atoms with E-state index >= 15 is 0 Å². The zero-order valence-electron chi connectivity index (χ0n) is 9.73. The van der Waals surface area contributed by atoms with Crippen LogP contribution in [0.15, 0.2) is 9.59 Å². The lowest BCUT2D eigenvalue weighted by Crippen LogP contribution is -2.31. The molecule has 3 heterocycles. The third kappa shape index (κ3) is 1.25. The number of H-pyrrole nitrogens is 1. The Morgan fingerprint density at radius 1 is 1.24 bits per heavy atom. The Kier molecular flexibility index (Phi) is 1.92. The summed E-state index contributed by atoms with van der Waals surface area (Å²) < 4.78 is 3.24. The average molecular weight is 235 g/mol. The van der Waals surface area contributed by atoms with Crippen LogP contribution in [-0.4, -0.2) is 32.7 Å². The second kappa shape index (κ2) is 3.22. The highest BCUT2D eigenvalue weighted by Gasteiger charge is 2.22. The van der Waals surface area contributed by atoms with Gasteiger partial charge in [-0.1, -0.05) is 0 Å². The quantitative estimate of drug-likeness (QED) is 0.652. The maximum atomic E-state index is 11.8. The number of hydrogen-bond acceptors (Lipinski definition) is 4. The van der Waals surface area contributed by atoms with Crippen LogP contribution in [0.5, 0.6) is 0 Å². The number of nitrogens with one attached hydrogen (secondary N) is 1. The molecule has 0 radical (unpaired) electrons. The number of nitrogens with zero attached hydrogens (tertiary/aromatic N) is 4. The SMILES string of the molecule is CN1CCCn2c1nc1c2c(=O)[nH]c(=O)n1C. The van der Waals surface area contributed by atoms with Crippen LogP contribution in [0, 0.1) is 0 Å². The minimum Gasteiger partial charge on any atom is -0.345 e. The molecule has 3 rings (SSSR count). The van der Waals surface area contributed by atoms with Crippen molar-refractivity contribution in [3.8, 4) is 0 Å². The van der Waals surface area contributed by atoms with E-state index in [1.54, 1.807) is 7.05 Å². The van der Waals surface area contributed by atoms with Gasteiger partial charge in [0, 0.05) is 27.2 Å². The Morgan fingerprint density at radius 2 is 2.00 bits per heavy atom. The molecule has 0 bridgehead atoms. The first-order chi connectivity index (χ1) is 8.09. The molecule has 7 heteroatoms. The van der Waals surface area contributed by atoms with Gasteiger partial charge in [0.15, 0.2) is 11.2 Å². The Morgan fingerprint density at radius 3 is 2.76 bits per heavy atom. The number of hydrogen-bond donors (Lipinski definition) is 1. The van der Waals surface area contributed by atoms with Gasteiger partial charge in [-0.15, -0.1) is 0 Å². The molecule has 0 saturated heterocycles. The standard InChI is InChI=1S/C10H13N5O2/c1-13-4-3-5-15-6-7(11-9(13)15)14(2)10(17)12-8(6)16/h3-5H2,1-2H3,(H,12,16,17). The highest BCUT2D eigenvalue weighted by molar-refractivity contribution is 5.74. The molecule has 7 nitrogen and oxygen atoms in total. The molecule has 90 valence electrons. The largest absolute Gasteiger partial charge is 0.345 e. The molecular weight excluding hydrogens is 222 g/mol. The number of fused-ring (bicyclic) bond motifs is 3. The van der Waals surface area contributed by atoms with Crippen molar-refractivity contribution in [1.29, 1.82) is 0 Å². The number of imidazole rings is 1. The molecule has 0 saturated carbocycles. The van der Waals surface area contributed by atoms with Gasteiger partial charge in [0.25, 0.3) is 5.56 Å². The van der Waals surface area contributed by atoms with Crippen LogP contribution in [0.4, 0.5) is 5.95 Å². The molecule has 0 spiro atoms. The van der Waals surface area contributed by atoms with Gasteiger partial charge in [-0.05, 0) is 6.42 Å². The summed E-state index contributed by atoms with van der Waals surface area (Å²) in [6, 6.07) is 0. The Labute approximate surface area is 96.3 Å². The van der Waals surface area contributed by atoms with Crippen molar-refractivity contribution in [1.82, 2.24) is 19.1 Å². The van der Waals surface area contributed by atoms with Crippen molar-refractivity contribution < 1.29 is 0 Å². The predicted molar refractivity (Wildman–Crippen MR) is 63.5 cm³/mol. The highest BCUT2D eigenvalue weighted by atomic mass is 16.2. The van der Waals surface area contributed by atoms with Gasteiger partial charge >= 0.3 is 5.69 Å². The molecular formula is C10H13N5O2. The van der Waals surface area contributed by atoms with E-state index in [-0.39, 0.29) is 5.56 Å². The fourth-order valence-corrected chi connectivity index (χ4v) is 2.29. The van der Waals surface area contributed by atoms with Crippen LogP contribution < -0.4 is 16.1 Å². The molecule has 2 aromatic rings. The van der Waals surface area contributed by atoms with Crippen molar-refractivity contribution in [2.24, 2.45) is 7.05 Å². The summed E-state index contributed by atoms with van der Waals surface area (Å²) in [7, 11) is 3.54. The number of aromatic amines is 1. The molecule has 1 N–H and O–H groups in total. The number of aromatic nitrogens is 4. The molecule has 1 aliphatic heterocycles. The summed E-state index contributed by atoms with van der Waals surface area (Å²) >= 11 is 0. The molecule has 0 fully saturated rings. The van der Waals surface area contributed by atoms with Gasteiger partial charge in [0.2, 0.25) is 5.95 Å². The molecule has 0 aromatic carbocycles. The average Bonchev–Trinajstić information content (AvgIpc) is 2.67. The second-order valence-corrected chi connectivity index (χ2v) is 4.33. The van der Waals surface area contributed by atoms with Gasteiger partial charge < -0.3 is 9.47 Å². The topological polar surface area (TPSA) is 75.9 Å². The van der Waals surface area contributed by atoms with Gasteiger partial charge in [-0.25, -0.2) is 4.79 Å². The van der Waals surface area contributed by atoms with Gasteiger partial charge in [0.05, 0.1) is 0 Å². The summed E-state index contributed by atoms with van der Waals surface area (Å²) in [6.07, 6.45) is 0.969. The van der Waals surface area contributed by atoms with Crippen molar-refractivity contribution >= 4 is 17.1 Å². The van der Waals surface area contributed by atoms with E-state index < -0.39 is 5.69 Å². The zero-order valence-corrected chi connectivity index (χ0v) is 9.73. The number of aryl methyl sites for hydroxylation is 2. The first kappa shape index (κ1) is 10.1. The van der Waals surface area contributed by atoms with Crippen LogP contribution >= 0.6 is 0 Å². The second-order valence-electron chi connectivity index (χ2n) is 4.33. The van der Waals surface area contributed by atoms with E-state index in [4.69, 9.17) is 0 Å². The summed E-state index contributed by atoms with van der Waals surface area (Å²) in [5.74, 6) is 0.748. The summed E-state index contributed by atoms with van der Waals surface area (Å²) in [4.78, 5) is 32.0. The molecule has 17 heavy (non-hydrogen) atoms. The monoisotopic (exact) mass is 235 g/mol. The first-order valence-electron chi connectivity index (χ1n) is 5.50. The smallest absolute Gasteiger partial charge is 0.329 e.